The number of carbonyl (C=O) groups is 1. The van der Waals surface area contributed by atoms with Gasteiger partial charge in [-0.15, -0.1) is 0 Å². The van der Waals surface area contributed by atoms with Crippen LogP contribution in [0.1, 0.15) is 57.2 Å². The van der Waals surface area contributed by atoms with Crippen LogP contribution in [0, 0.1) is 0 Å². The molecule has 0 radical (unpaired) electrons. The number of amides is 2. The molecule has 0 saturated carbocycles. The van der Waals surface area contributed by atoms with Crippen LogP contribution in [0.4, 0.5) is 10.7 Å². The fourth-order valence-corrected chi connectivity index (χ4v) is 4.62. The average molecular weight is 492 g/mol. The van der Waals surface area contributed by atoms with E-state index in [9.17, 15) is 4.79 Å². The van der Waals surface area contributed by atoms with Gasteiger partial charge in [0.1, 0.15) is 0 Å². The van der Waals surface area contributed by atoms with E-state index in [1.807, 2.05) is 31.7 Å². The zero-order chi connectivity index (χ0) is 25.5. The minimum Gasteiger partial charge on any atom is -0.403 e. The molecule has 0 spiro atoms. The molecular formula is C27H37N7O2. The summed E-state index contributed by atoms with van der Waals surface area (Å²) < 4.78 is 5.79. The van der Waals surface area contributed by atoms with Crippen molar-refractivity contribution in [3.63, 3.8) is 0 Å². The summed E-state index contributed by atoms with van der Waals surface area (Å²) in [5.41, 5.74) is 10.6. The van der Waals surface area contributed by atoms with Crippen molar-refractivity contribution in [1.29, 1.82) is 0 Å². The van der Waals surface area contributed by atoms with Gasteiger partial charge in [-0.2, -0.15) is 0 Å². The number of aryl methyl sites for hydroxylation is 1. The summed E-state index contributed by atoms with van der Waals surface area (Å²) in [7, 11) is 0. The zero-order valence-electron chi connectivity index (χ0n) is 21.4. The first kappa shape index (κ1) is 25.6. The molecular weight excluding hydrogens is 454 g/mol. The van der Waals surface area contributed by atoms with Gasteiger partial charge in [-0.25, -0.2) is 14.8 Å². The number of allylic oxidation sites excluding steroid dienone is 1. The highest BCUT2D eigenvalue weighted by Crippen LogP contribution is 2.32. The van der Waals surface area contributed by atoms with E-state index < -0.39 is 0 Å². The number of aliphatic imine (C=N–C) groups is 1. The first-order chi connectivity index (χ1) is 17.5. The van der Waals surface area contributed by atoms with E-state index in [1.165, 1.54) is 17.3 Å². The van der Waals surface area contributed by atoms with Gasteiger partial charge in [0.05, 0.1) is 42.7 Å². The highest BCUT2D eigenvalue weighted by Gasteiger charge is 2.33. The fraction of sp³-hybridized carbons (Fsp3) is 0.481. The second-order valence-corrected chi connectivity index (χ2v) is 9.51. The summed E-state index contributed by atoms with van der Waals surface area (Å²) in [5, 5.41) is 6.38. The van der Waals surface area contributed by atoms with Crippen LogP contribution in [0.2, 0.25) is 0 Å². The number of rotatable bonds is 8. The van der Waals surface area contributed by atoms with Gasteiger partial charge in [0.25, 0.3) is 0 Å². The Kier molecular flexibility index (Phi) is 8.53. The number of urea groups is 1. The van der Waals surface area contributed by atoms with Gasteiger partial charge in [0.2, 0.25) is 5.95 Å². The summed E-state index contributed by atoms with van der Waals surface area (Å²) in [6.07, 6.45) is 9.25. The third kappa shape index (κ3) is 6.40. The Morgan fingerprint density at radius 2 is 2.14 bits per heavy atom. The number of nitrogens with one attached hydrogen (secondary N) is 2. The Morgan fingerprint density at radius 3 is 2.89 bits per heavy atom. The summed E-state index contributed by atoms with van der Waals surface area (Å²) in [6.45, 7) is 7.97. The van der Waals surface area contributed by atoms with Gasteiger partial charge < -0.3 is 26.0 Å². The highest BCUT2D eigenvalue weighted by molar-refractivity contribution is 5.82. The molecule has 1 aliphatic heterocycles. The molecule has 2 heterocycles. The van der Waals surface area contributed by atoms with E-state index in [4.69, 9.17) is 10.5 Å². The molecule has 1 aromatic heterocycles. The molecule has 2 amide bonds. The van der Waals surface area contributed by atoms with Gasteiger partial charge in [0.15, 0.2) is 0 Å². The van der Waals surface area contributed by atoms with Crippen LogP contribution < -0.4 is 16.4 Å². The predicted molar refractivity (Wildman–Crippen MR) is 143 cm³/mol. The van der Waals surface area contributed by atoms with E-state index in [0.717, 1.165) is 36.9 Å². The summed E-state index contributed by atoms with van der Waals surface area (Å²) >= 11 is 0. The maximum atomic E-state index is 12.9. The number of benzene rings is 1. The van der Waals surface area contributed by atoms with E-state index in [-0.39, 0.29) is 24.3 Å². The lowest BCUT2D eigenvalue weighted by Gasteiger charge is -2.40. The molecule has 1 fully saturated rings. The van der Waals surface area contributed by atoms with Gasteiger partial charge in [-0.1, -0.05) is 18.6 Å². The minimum absolute atomic E-state index is 0.00634. The molecule has 0 bridgehead atoms. The molecule has 9 heteroatoms. The first-order valence-corrected chi connectivity index (χ1v) is 12.8. The Bertz CT molecular complexity index is 1110. The number of anilines is 1. The van der Waals surface area contributed by atoms with Crippen molar-refractivity contribution in [2.24, 2.45) is 10.7 Å². The number of ether oxygens (including phenoxy) is 1. The van der Waals surface area contributed by atoms with Gasteiger partial charge in [-0.05, 0) is 63.3 Å². The lowest BCUT2D eigenvalue weighted by atomic mass is 9.95. The van der Waals surface area contributed by atoms with Crippen LogP contribution in [0.3, 0.4) is 0 Å². The fourth-order valence-electron chi connectivity index (χ4n) is 4.62. The van der Waals surface area contributed by atoms with Crippen molar-refractivity contribution < 1.29 is 9.53 Å². The molecule has 1 aromatic carbocycles. The van der Waals surface area contributed by atoms with E-state index in [0.29, 0.717) is 31.3 Å². The van der Waals surface area contributed by atoms with Crippen molar-refractivity contribution in [2.75, 3.05) is 25.0 Å². The highest BCUT2D eigenvalue weighted by atomic mass is 16.5. The molecule has 4 N–H and O–H groups in total. The molecule has 1 atom stereocenters. The maximum absolute atomic E-state index is 12.9. The lowest BCUT2D eigenvalue weighted by Crippen LogP contribution is -2.58. The third-order valence-corrected chi connectivity index (χ3v) is 6.40. The summed E-state index contributed by atoms with van der Waals surface area (Å²) in [4.78, 5) is 27.9. The van der Waals surface area contributed by atoms with Crippen LogP contribution >= 0.6 is 0 Å². The maximum Gasteiger partial charge on any atom is 0.318 e. The topological polar surface area (TPSA) is 118 Å². The standard InChI is InChI=1S/C27H37N7O2/c1-4-29-15-21(14-28)31-26-30-12-11-24(32-26)20-9-10-23-19(13-20)7-5-6-8-25(23)33-27(35)34-16-22(17-34)36-18(2)3/h9-15,18,22,25H,4-8,16-17,28H2,1-3H3,(H,33,35)(H,30,31,32). The Hall–Kier alpha value is -3.46. The van der Waals surface area contributed by atoms with Crippen molar-refractivity contribution in [3.8, 4) is 11.3 Å². The second-order valence-electron chi connectivity index (χ2n) is 9.51. The van der Waals surface area contributed by atoms with Crippen molar-refractivity contribution in [3.05, 3.63) is 53.5 Å². The number of likely N-dealkylation sites (tertiary alicyclic amines) is 1. The van der Waals surface area contributed by atoms with Crippen LogP contribution in [-0.4, -0.2) is 59.0 Å². The minimum atomic E-state index is -0.0116. The number of fused-ring (bicyclic) bond motifs is 1. The van der Waals surface area contributed by atoms with Gasteiger partial charge in [-0.3, -0.25) is 4.99 Å². The van der Waals surface area contributed by atoms with Crippen LogP contribution in [-0.2, 0) is 11.2 Å². The van der Waals surface area contributed by atoms with Crippen molar-refractivity contribution in [1.82, 2.24) is 20.2 Å². The number of nitrogens with zero attached hydrogens (tertiary/aromatic N) is 4. The molecule has 9 nitrogen and oxygen atoms in total. The predicted octanol–water partition coefficient (Wildman–Crippen LogP) is 4.03. The molecule has 2 aromatic rings. The van der Waals surface area contributed by atoms with E-state index >= 15 is 0 Å². The second kappa shape index (κ2) is 12.0. The largest absolute Gasteiger partial charge is 0.403 e. The Morgan fingerprint density at radius 1 is 1.31 bits per heavy atom. The number of nitrogens with two attached hydrogens (primary N) is 1. The van der Waals surface area contributed by atoms with Crippen LogP contribution in [0.5, 0.6) is 0 Å². The normalized spacial score (nSPS) is 18.6. The average Bonchev–Trinajstić information content (AvgIpc) is 3.05. The molecule has 1 aliphatic carbocycles. The van der Waals surface area contributed by atoms with E-state index in [2.05, 4.69) is 43.8 Å². The van der Waals surface area contributed by atoms with E-state index in [1.54, 1.807) is 12.4 Å². The first-order valence-electron chi connectivity index (χ1n) is 12.8. The monoisotopic (exact) mass is 491 g/mol. The van der Waals surface area contributed by atoms with Gasteiger partial charge >= 0.3 is 6.03 Å². The molecule has 4 rings (SSSR count). The molecule has 36 heavy (non-hydrogen) atoms. The quantitative estimate of drug-likeness (QED) is 0.379. The molecule has 1 saturated heterocycles. The number of hydrogen-bond acceptors (Lipinski definition) is 7. The van der Waals surface area contributed by atoms with Crippen LogP contribution in [0.15, 0.2) is 47.4 Å². The lowest BCUT2D eigenvalue weighted by molar-refractivity contribution is -0.0644. The Balaban J connectivity index is 1.47. The van der Waals surface area contributed by atoms with Crippen molar-refractivity contribution >= 4 is 18.2 Å². The van der Waals surface area contributed by atoms with Gasteiger partial charge in [0, 0.05) is 30.7 Å². The third-order valence-electron chi connectivity index (χ3n) is 6.40. The number of aromatic nitrogens is 2. The Labute approximate surface area is 213 Å². The molecule has 192 valence electrons. The smallest absolute Gasteiger partial charge is 0.318 e. The SMILES string of the molecule is CCN=CC(=CN)Nc1nccc(-c2ccc3c(c2)CCCCC3NC(=O)N2CC(OC(C)C)C2)n1. The summed E-state index contributed by atoms with van der Waals surface area (Å²) in [6, 6.07) is 8.29. The van der Waals surface area contributed by atoms with Crippen LogP contribution in [0.25, 0.3) is 11.3 Å². The van der Waals surface area contributed by atoms with Crippen molar-refractivity contribution in [2.45, 2.75) is 64.7 Å². The molecule has 2 aliphatic rings. The number of hydrogen-bond donors (Lipinski definition) is 3. The summed E-state index contributed by atoms with van der Waals surface area (Å²) in [5.74, 6) is 0.459. The zero-order valence-corrected chi connectivity index (χ0v) is 21.4. The molecule has 1 unspecified atom stereocenters. The number of carbonyl (C=O) groups excluding carboxylic acids is 1.